The van der Waals surface area contributed by atoms with Gasteiger partial charge in [0, 0.05) is 12.1 Å². The highest BCUT2D eigenvalue weighted by Crippen LogP contribution is 2.40. The summed E-state index contributed by atoms with van der Waals surface area (Å²) >= 11 is 0. The number of hydrogen-bond acceptors (Lipinski definition) is 7. The average molecular weight is 482 g/mol. The van der Waals surface area contributed by atoms with Crippen molar-refractivity contribution in [1.29, 1.82) is 0 Å². The number of hydrogen-bond donors (Lipinski definition) is 1. The van der Waals surface area contributed by atoms with Crippen LogP contribution in [0, 0.1) is 0 Å². The number of likely N-dealkylation sites (tertiary alicyclic amines) is 1. The van der Waals surface area contributed by atoms with E-state index in [1.807, 2.05) is 12.1 Å². The second kappa shape index (κ2) is 8.68. The summed E-state index contributed by atoms with van der Waals surface area (Å²) in [5.41, 5.74) is 0.0639. The first-order valence-corrected chi connectivity index (χ1v) is 11.4. The van der Waals surface area contributed by atoms with Crippen molar-refractivity contribution in [2.45, 2.75) is 31.3 Å². The lowest BCUT2D eigenvalue weighted by Gasteiger charge is -2.28. The molecule has 3 heterocycles. The monoisotopic (exact) mass is 481 g/mol. The first-order chi connectivity index (χ1) is 16.9. The Bertz CT molecular complexity index is 1200. The molecule has 1 N–H and O–H groups in total. The Hall–Kier alpha value is -3.95. The largest absolute Gasteiger partial charge is 0.497 e. The number of rotatable bonds is 6. The maximum atomic E-state index is 13.4. The van der Waals surface area contributed by atoms with E-state index in [9.17, 15) is 14.4 Å². The first-order valence-electron chi connectivity index (χ1n) is 11.4. The predicted octanol–water partition coefficient (Wildman–Crippen LogP) is 2.56. The molecule has 2 aromatic carbocycles. The van der Waals surface area contributed by atoms with Gasteiger partial charge in [0.1, 0.15) is 23.6 Å². The molecule has 2 saturated heterocycles. The number of urea groups is 1. The number of fused-ring (bicyclic) bond motifs is 1. The van der Waals surface area contributed by atoms with Crippen molar-refractivity contribution < 1.29 is 33.3 Å². The number of nitrogens with one attached hydrogen (secondary N) is 1. The van der Waals surface area contributed by atoms with Crippen LogP contribution in [0.3, 0.4) is 0 Å². The second-order valence-electron chi connectivity index (χ2n) is 8.87. The molecule has 3 aliphatic heterocycles. The van der Waals surface area contributed by atoms with Crippen molar-refractivity contribution in [2.24, 2.45) is 0 Å². The van der Waals surface area contributed by atoms with Crippen molar-refractivity contribution >= 4 is 17.8 Å². The Morgan fingerprint density at radius 1 is 1.11 bits per heavy atom. The van der Waals surface area contributed by atoms with Gasteiger partial charge in [-0.15, -0.1) is 0 Å². The van der Waals surface area contributed by atoms with Gasteiger partial charge in [-0.1, -0.05) is 6.07 Å². The lowest BCUT2D eigenvalue weighted by molar-refractivity contribution is -0.139. The van der Waals surface area contributed by atoms with E-state index < -0.39 is 17.5 Å². The van der Waals surface area contributed by atoms with Gasteiger partial charge in [0.05, 0.1) is 20.3 Å². The fraction of sp³-hybridized carbons (Fsp3) is 0.400. The smallest absolute Gasteiger partial charge is 0.325 e. The van der Waals surface area contributed by atoms with Crippen LogP contribution in [0.1, 0.15) is 36.9 Å². The summed E-state index contributed by atoms with van der Waals surface area (Å²) in [7, 11) is 3.16. The molecule has 35 heavy (non-hydrogen) atoms. The maximum absolute atomic E-state index is 13.4. The van der Waals surface area contributed by atoms with Crippen LogP contribution in [0.25, 0.3) is 0 Å². The van der Waals surface area contributed by atoms with Crippen LogP contribution < -0.4 is 24.3 Å². The van der Waals surface area contributed by atoms with Gasteiger partial charge in [0.15, 0.2) is 11.5 Å². The van der Waals surface area contributed by atoms with Crippen molar-refractivity contribution in [3.63, 3.8) is 0 Å². The number of nitrogens with zero attached hydrogens (tertiary/aromatic N) is 2. The molecule has 0 bridgehead atoms. The van der Waals surface area contributed by atoms with Crippen molar-refractivity contribution in [3.8, 4) is 23.0 Å². The Morgan fingerprint density at radius 2 is 1.91 bits per heavy atom. The molecule has 184 valence electrons. The van der Waals surface area contributed by atoms with Crippen LogP contribution in [-0.4, -0.2) is 61.7 Å². The molecule has 4 amide bonds. The molecule has 2 aromatic rings. The van der Waals surface area contributed by atoms with Gasteiger partial charge in [0.2, 0.25) is 12.7 Å². The summed E-state index contributed by atoms with van der Waals surface area (Å²) in [6.45, 7) is 1.89. The minimum Gasteiger partial charge on any atom is -0.497 e. The SMILES string of the molecule is COc1ccc(OC)c(C2CCCN2C(=O)CN2C(=O)NC(C)(c3ccc4c(c3)OCO4)C2=O)c1. The van der Waals surface area contributed by atoms with Crippen LogP contribution in [-0.2, 0) is 15.1 Å². The van der Waals surface area contributed by atoms with E-state index in [4.69, 9.17) is 18.9 Å². The predicted molar refractivity (Wildman–Crippen MR) is 123 cm³/mol. The number of imide groups is 1. The number of ether oxygens (including phenoxy) is 4. The number of amides is 4. The van der Waals surface area contributed by atoms with Crippen molar-refractivity contribution in [3.05, 3.63) is 47.5 Å². The fourth-order valence-electron chi connectivity index (χ4n) is 4.96. The van der Waals surface area contributed by atoms with Gasteiger partial charge in [0.25, 0.3) is 5.91 Å². The Balaban J connectivity index is 1.36. The zero-order valence-corrected chi connectivity index (χ0v) is 19.8. The molecule has 0 radical (unpaired) electrons. The summed E-state index contributed by atoms with van der Waals surface area (Å²) < 4.78 is 21.6. The summed E-state index contributed by atoms with van der Waals surface area (Å²) in [4.78, 5) is 42.3. The molecular weight excluding hydrogens is 454 g/mol. The summed E-state index contributed by atoms with van der Waals surface area (Å²) in [5.74, 6) is 1.59. The molecule has 2 unspecified atom stereocenters. The van der Waals surface area contributed by atoms with E-state index in [2.05, 4.69) is 5.32 Å². The van der Waals surface area contributed by atoms with Crippen molar-refractivity contribution in [2.75, 3.05) is 34.1 Å². The topological polar surface area (TPSA) is 107 Å². The quantitative estimate of drug-likeness (QED) is 0.632. The third kappa shape index (κ3) is 3.78. The summed E-state index contributed by atoms with van der Waals surface area (Å²) in [5, 5.41) is 2.74. The molecule has 2 fully saturated rings. The van der Waals surface area contributed by atoms with E-state index in [-0.39, 0.29) is 25.3 Å². The molecule has 0 aliphatic carbocycles. The Labute approximate surface area is 202 Å². The minimum atomic E-state index is -1.32. The molecular formula is C25H27N3O7. The van der Waals surface area contributed by atoms with Gasteiger partial charge in [-0.25, -0.2) is 4.79 Å². The van der Waals surface area contributed by atoms with Crippen LogP contribution in [0.2, 0.25) is 0 Å². The number of methoxy groups -OCH3 is 2. The number of carbonyl (C=O) groups is 3. The van der Waals surface area contributed by atoms with Crippen LogP contribution in [0.15, 0.2) is 36.4 Å². The normalized spacial score (nSPS) is 23.0. The molecule has 5 rings (SSSR count). The van der Waals surface area contributed by atoms with Crippen LogP contribution >= 0.6 is 0 Å². The van der Waals surface area contributed by atoms with Gasteiger partial charge < -0.3 is 29.2 Å². The zero-order chi connectivity index (χ0) is 24.7. The molecule has 0 spiro atoms. The lowest BCUT2D eigenvalue weighted by atomic mass is 9.91. The summed E-state index contributed by atoms with van der Waals surface area (Å²) in [6.07, 6.45) is 1.54. The van der Waals surface area contributed by atoms with Crippen LogP contribution in [0.4, 0.5) is 4.79 Å². The third-order valence-corrected chi connectivity index (χ3v) is 6.89. The first kappa shape index (κ1) is 22.8. The number of carbonyl (C=O) groups excluding carboxylic acids is 3. The lowest BCUT2D eigenvalue weighted by Crippen LogP contribution is -2.44. The zero-order valence-electron chi connectivity index (χ0n) is 19.8. The van der Waals surface area contributed by atoms with Crippen molar-refractivity contribution in [1.82, 2.24) is 15.1 Å². The minimum absolute atomic E-state index is 0.103. The van der Waals surface area contributed by atoms with Gasteiger partial charge in [-0.05, 0) is 55.7 Å². The maximum Gasteiger partial charge on any atom is 0.325 e. The Morgan fingerprint density at radius 3 is 2.69 bits per heavy atom. The molecule has 10 nitrogen and oxygen atoms in total. The van der Waals surface area contributed by atoms with E-state index >= 15 is 0 Å². The molecule has 3 aliphatic rings. The molecule has 0 saturated carbocycles. The van der Waals surface area contributed by atoms with Gasteiger partial charge >= 0.3 is 6.03 Å². The van der Waals surface area contributed by atoms with Gasteiger partial charge in [-0.2, -0.15) is 0 Å². The average Bonchev–Trinajstić information content (AvgIpc) is 3.59. The van der Waals surface area contributed by atoms with Crippen LogP contribution in [0.5, 0.6) is 23.0 Å². The highest BCUT2D eigenvalue weighted by molar-refractivity contribution is 6.09. The Kier molecular flexibility index (Phi) is 5.66. The molecule has 0 aromatic heterocycles. The van der Waals surface area contributed by atoms with Gasteiger partial charge in [-0.3, -0.25) is 14.5 Å². The second-order valence-corrected chi connectivity index (χ2v) is 8.87. The highest BCUT2D eigenvalue weighted by atomic mass is 16.7. The summed E-state index contributed by atoms with van der Waals surface area (Å²) in [6, 6.07) is 9.70. The third-order valence-electron chi connectivity index (χ3n) is 6.89. The fourth-order valence-corrected chi connectivity index (χ4v) is 4.96. The van der Waals surface area contributed by atoms with E-state index in [1.54, 1.807) is 50.3 Å². The van der Waals surface area contributed by atoms with E-state index in [0.717, 1.165) is 23.3 Å². The standard InChI is InChI=1S/C25H27N3O7/c1-25(15-6-8-20-21(11-15)35-14-34-20)23(30)28(24(31)26-25)13-22(29)27-10-4-5-18(27)17-12-16(32-2)7-9-19(17)33-3/h6-9,11-12,18H,4-5,10,13-14H2,1-3H3,(H,26,31). The molecule has 2 atom stereocenters. The van der Waals surface area contributed by atoms with E-state index in [0.29, 0.717) is 35.1 Å². The molecule has 10 heteroatoms. The number of benzene rings is 2. The highest BCUT2D eigenvalue weighted by Gasteiger charge is 2.50. The van der Waals surface area contributed by atoms with E-state index in [1.165, 1.54) is 0 Å².